The van der Waals surface area contributed by atoms with E-state index in [0.717, 1.165) is 11.5 Å². The fourth-order valence-electron chi connectivity index (χ4n) is 2.31. The average molecular weight is 399 g/mol. The maximum absolute atomic E-state index is 12.2. The molecule has 0 atom stereocenters. The van der Waals surface area contributed by atoms with Crippen LogP contribution < -0.4 is 20.1 Å². The van der Waals surface area contributed by atoms with Crippen molar-refractivity contribution in [1.82, 2.24) is 9.97 Å². The lowest BCUT2D eigenvalue weighted by atomic mass is 10.3. The Kier molecular flexibility index (Phi) is 6.64. The molecule has 3 rings (SSSR count). The number of halogens is 1. The Morgan fingerprint density at radius 3 is 2.46 bits per heavy atom. The Balaban J connectivity index is 1.45. The van der Waals surface area contributed by atoms with Crippen LogP contribution in [-0.4, -0.2) is 36.1 Å². The Morgan fingerprint density at radius 2 is 1.79 bits per heavy atom. The van der Waals surface area contributed by atoms with Crippen LogP contribution in [0, 0.1) is 0 Å². The van der Waals surface area contributed by atoms with Gasteiger partial charge in [0, 0.05) is 23.1 Å². The van der Waals surface area contributed by atoms with Gasteiger partial charge in [0.15, 0.2) is 0 Å². The van der Waals surface area contributed by atoms with Crippen LogP contribution in [0.25, 0.3) is 0 Å². The molecule has 0 saturated carbocycles. The largest absolute Gasteiger partial charge is 0.497 e. The smallest absolute Gasteiger partial charge is 0.258 e. The van der Waals surface area contributed by atoms with E-state index in [9.17, 15) is 4.79 Å². The highest BCUT2D eigenvalue weighted by molar-refractivity contribution is 6.30. The van der Waals surface area contributed by atoms with Crippen molar-refractivity contribution in [2.24, 2.45) is 0 Å². The number of benzene rings is 2. The summed E-state index contributed by atoms with van der Waals surface area (Å²) >= 11 is 5.91. The molecule has 2 N–H and O–H groups in total. The van der Waals surface area contributed by atoms with Crippen molar-refractivity contribution in [3.8, 4) is 11.5 Å². The first-order valence-electron chi connectivity index (χ1n) is 8.54. The summed E-state index contributed by atoms with van der Waals surface area (Å²) in [7, 11) is 1.62. The van der Waals surface area contributed by atoms with Crippen LogP contribution in [0.15, 0.2) is 60.9 Å². The first kappa shape index (κ1) is 19.4. The number of anilines is 2. The third kappa shape index (κ3) is 5.59. The summed E-state index contributed by atoms with van der Waals surface area (Å²) in [5.41, 5.74) is 0.954. The highest BCUT2D eigenvalue weighted by atomic mass is 35.5. The van der Waals surface area contributed by atoms with Crippen LogP contribution >= 0.6 is 11.6 Å². The minimum Gasteiger partial charge on any atom is -0.497 e. The lowest BCUT2D eigenvalue weighted by Gasteiger charge is -2.09. The van der Waals surface area contributed by atoms with Gasteiger partial charge in [0.1, 0.15) is 18.1 Å². The van der Waals surface area contributed by atoms with Gasteiger partial charge in [0.25, 0.3) is 5.91 Å². The maximum atomic E-state index is 12.2. The van der Waals surface area contributed by atoms with Gasteiger partial charge in [-0.2, -0.15) is 0 Å². The molecule has 2 aromatic carbocycles. The van der Waals surface area contributed by atoms with Crippen molar-refractivity contribution >= 4 is 29.1 Å². The molecule has 1 aromatic heterocycles. The van der Waals surface area contributed by atoms with Crippen molar-refractivity contribution in [2.75, 3.05) is 30.9 Å². The van der Waals surface area contributed by atoms with Crippen LogP contribution in [0.2, 0.25) is 5.02 Å². The van der Waals surface area contributed by atoms with Gasteiger partial charge in [-0.3, -0.25) is 4.79 Å². The van der Waals surface area contributed by atoms with Crippen molar-refractivity contribution in [3.63, 3.8) is 0 Å². The molecule has 0 bridgehead atoms. The summed E-state index contributed by atoms with van der Waals surface area (Å²) in [5, 5.41) is 6.33. The van der Waals surface area contributed by atoms with E-state index in [0.29, 0.717) is 35.4 Å². The van der Waals surface area contributed by atoms with Crippen molar-refractivity contribution in [2.45, 2.75) is 0 Å². The molecule has 1 amide bonds. The number of ether oxygens (including phenoxy) is 2. The van der Waals surface area contributed by atoms with E-state index in [2.05, 4.69) is 20.6 Å². The topological polar surface area (TPSA) is 85.4 Å². The standard InChI is InChI=1S/C20H19ClN4O3/c1-27-17-5-7-18(8-6-17)28-10-9-22-20-23-12-14(13-24-20)19(26)25-16-4-2-3-15(21)11-16/h2-8,11-13H,9-10H2,1H3,(H,25,26)(H,22,23,24). The van der Waals surface area contributed by atoms with Crippen molar-refractivity contribution < 1.29 is 14.3 Å². The summed E-state index contributed by atoms with van der Waals surface area (Å²) < 4.78 is 10.7. The van der Waals surface area contributed by atoms with E-state index in [1.54, 1.807) is 31.4 Å². The molecule has 0 fully saturated rings. The second-order valence-electron chi connectivity index (χ2n) is 5.71. The molecule has 3 aromatic rings. The third-order valence-electron chi connectivity index (χ3n) is 3.71. The fourth-order valence-corrected chi connectivity index (χ4v) is 2.50. The molecule has 0 unspecified atom stereocenters. The van der Waals surface area contributed by atoms with E-state index in [4.69, 9.17) is 21.1 Å². The quantitative estimate of drug-likeness (QED) is 0.560. The number of methoxy groups -OCH3 is 1. The summed E-state index contributed by atoms with van der Waals surface area (Å²) in [6, 6.07) is 14.3. The van der Waals surface area contributed by atoms with Crippen LogP contribution in [0.5, 0.6) is 11.5 Å². The first-order valence-corrected chi connectivity index (χ1v) is 8.91. The molecule has 0 aliphatic heterocycles. The second-order valence-corrected chi connectivity index (χ2v) is 6.15. The Labute approximate surface area is 167 Å². The lowest BCUT2D eigenvalue weighted by Crippen LogP contribution is -2.15. The van der Waals surface area contributed by atoms with Gasteiger partial charge in [-0.05, 0) is 42.5 Å². The monoisotopic (exact) mass is 398 g/mol. The minimum absolute atomic E-state index is 0.309. The molecule has 7 nitrogen and oxygen atoms in total. The zero-order chi connectivity index (χ0) is 19.8. The number of hydrogen-bond donors (Lipinski definition) is 2. The number of carbonyl (C=O) groups excluding carboxylic acids is 1. The van der Waals surface area contributed by atoms with Gasteiger partial charge in [-0.25, -0.2) is 9.97 Å². The van der Waals surface area contributed by atoms with Gasteiger partial charge >= 0.3 is 0 Å². The number of aromatic nitrogens is 2. The molecule has 0 spiro atoms. The number of hydrogen-bond acceptors (Lipinski definition) is 6. The van der Waals surface area contributed by atoms with E-state index >= 15 is 0 Å². The predicted octanol–water partition coefficient (Wildman–Crippen LogP) is 3.88. The summed E-state index contributed by atoms with van der Waals surface area (Å²) in [6.45, 7) is 0.951. The highest BCUT2D eigenvalue weighted by Gasteiger charge is 2.08. The zero-order valence-electron chi connectivity index (χ0n) is 15.2. The van der Waals surface area contributed by atoms with Gasteiger partial charge in [-0.15, -0.1) is 0 Å². The second kappa shape index (κ2) is 9.57. The summed E-state index contributed by atoms with van der Waals surface area (Å²) in [4.78, 5) is 20.5. The molecular formula is C20H19ClN4O3. The molecule has 144 valence electrons. The SMILES string of the molecule is COc1ccc(OCCNc2ncc(C(=O)Nc3cccc(Cl)c3)cn2)cc1. The van der Waals surface area contributed by atoms with Gasteiger partial charge in [0.2, 0.25) is 5.95 Å². The van der Waals surface area contributed by atoms with Gasteiger partial charge < -0.3 is 20.1 Å². The molecule has 0 aliphatic carbocycles. The van der Waals surface area contributed by atoms with E-state index in [1.165, 1.54) is 12.4 Å². The molecule has 8 heteroatoms. The number of amides is 1. The van der Waals surface area contributed by atoms with Crippen molar-refractivity contribution in [3.05, 3.63) is 71.5 Å². The molecule has 0 saturated heterocycles. The molecule has 1 heterocycles. The fraction of sp³-hybridized carbons (Fsp3) is 0.150. The van der Waals surface area contributed by atoms with Gasteiger partial charge in [-0.1, -0.05) is 17.7 Å². The van der Waals surface area contributed by atoms with E-state index in [-0.39, 0.29) is 5.91 Å². The van der Waals surface area contributed by atoms with E-state index < -0.39 is 0 Å². The normalized spacial score (nSPS) is 10.2. The molecule has 0 radical (unpaired) electrons. The van der Waals surface area contributed by atoms with Gasteiger partial charge in [0.05, 0.1) is 19.2 Å². The Bertz CT molecular complexity index is 917. The van der Waals surface area contributed by atoms with Crippen LogP contribution in [0.1, 0.15) is 10.4 Å². The summed E-state index contributed by atoms with van der Waals surface area (Å²) in [6.07, 6.45) is 2.92. The maximum Gasteiger partial charge on any atom is 0.258 e. The summed E-state index contributed by atoms with van der Waals surface area (Å²) in [5.74, 6) is 1.63. The Hall–Kier alpha value is -3.32. The number of rotatable bonds is 8. The molecule has 28 heavy (non-hydrogen) atoms. The van der Waals surface area contributed by atoms with Crippen LogP contribution in [0.3, 0.4) is 0 Å². The number of nitrogens with one attached hydrogen (secondary N) is 2. The number of nitrogens with zero attached hydrogens (tertiary/aromatic N) is 2. The highest BCUT2D eigenvalue weighted by Crippen LogP contribution is 2.17. The lowest BCUT2D eigenvalue weighted by molar-refractivity contribution is 0.102. The van der Waals surface area contributed by atoms with Crippen LogP contribution in [0.4, 0.5) is 11.6 Å². The zero-order valence-corrected chi connectivity index (χ0v) is 15.9. The van der Waals surface area contributed by atoms with E-state index in [1.807, 2.05) is 24.3 Å². The third-order valence-corrected chi connectivity index (χ3v) is 3.94. The molecular weight excluding hydrogens is 380 g/mol. The average Bonchev–Trinajstić information content (AvgIpc) is 2.72. The van der Waals surface area contributed by atoms with Crippen molar-refractivity contribution in [1.29, 1.82) is 0 Å². The molecule has 0 aliphatic rings. The van der Waals surface area contributed by atoms with Crippen LogP contribution in [-0.2, 0) is 0 Å². The number of carbonyl (C=O) groups is 1. The first-order chi connectivity index (χ1) is 13.6. The minimum atomic E-state index is -0.309. The predicted molar refractivity (Wildman–Crippen MR) is 108 cm³/mol. The Morgan fingerprint density at radius 1 is 1.07 bits per heavy atom.